The quantitative estimate of drug-likeness (QED) is 0.398. The van der Waals surface area contributed by atoms with Crippen molar-refractivity contribution < 1.29 is 14.7 Å². The molecule has 0 spiro atoms. The zero-order valence-electron chi connectivity index (χ0n) is 15.8. The van der Waals surface area contributed by atoms with Crippen LogP contribution >= 0.6 is 23.2 Å². The van der Waals surface area contributed by atoms with E-state index in [0.29, 0.717) is 29.2 Å². The number of nitrogens with zero attached hydrogens (tertiary/aromatic N) is 2. The molecule has 1 amide bonds. The molecular weight excluding hydrogens is 401 g/mol. The third-order valence-corrected chi connectivity index (χ3v) is 5.44. The summed E-state index contributed by atoms with van der Waals surface area (Å²) in [6.07, 6.45) is 2.65. The SMILES string of the molecule is CNC1CC(N(CC=O)C(=O)O)CCN1CCCC#Cc1cc(Cl)ccc1Cl. The Morgan fingerprint density at radius 3 is 2.93 bits per heavy atom. The van der Waals surface area contributed by atoms with Crippen molar-refractivity contribution in [3.63, 3.8) is 0 Å². The van der Waals surface area contributed by atoms with E-state index < -0.39 is 6.09 Å². The highest BCUT2D eigenvalue weighted by atomic mass is 35.5. The molecule has 1 saturated heterocycles. The van der Waals surface area contributed by atoms with Crippen molar-refractivity contribution in [2.75, 3.05) is 26.7 Å². The zero-order valence-corrected chi connectivity index (χ0v) is 17.3. The van der Waals surface area contributed by atoms with E-state index >= 15 is 0 Å². The Kier molecular flexibility index (Phi) is 9.07. The first kappa shape index (κ1) is 22.5. The Morgan fingerprint density at radius 1 is 1.46 bits per heavy atom. The molecule has 1 fully saturated rings. The average Bonchev–Trinajstić information content (AvgIpc) is 2.68. The predicted octanol–water partition coefficient (Wildman–Crippen LogP) is 3.31. The molecule has 1 aromatic carbocycles. The topological polar surface area (TPSA) is 72.9 Å². The lowest BCUT2D eigenvalue weighted by Gasteiger charge is -2.42. The zero-order chi connectivity index (χ0) is 20.5. The Labute approximate surface area is 175 Å². The van der Waals surface area contributed by atoms with Crippen molar-refractivity contribution in [1.29, 1.82) is 0 Å². The maximum absolute atomic E-state index is 11.4. The Hall–Kier alpha value is -1.78. The molecule has 0 saturated carbocycles. The molecular formula is C20H25Cl2N3O3. The van der Waals surface area contributed by atoms with Crippen LogP contribution in [0.4, 0.5) is 4.79 Å². The number of unbranched alkanes of at least 4 members (excludes halogenated alkanes) is 1. The van der Waals surface area contributed by atoms with E-state index in [-0.39, 0.29) is 18.8 Å². The van der Waals surface area contributed by atoms with E-state index in [1.54, 1.807) is 18.2 Å². The smallest absolute Gasteiger partial charge is 0.407 e. The Bertz CT molecular complexity index is 748. The van der Waals surface area contributed by atoms with Crippen molar-refractivity contribution >= 4 is 35.6 Å². The first-order valence-electron chi connectivity index (χ1n) is 9.24. The van der Waals surface area contributed by atoms with Gasteiger partial charge in [0.05, 0.1) is 17.7 Å². The van der Waals surface area contributed by atoms with Crippen LogP contribution in [0.25, 0.3) is 0 Å². The second-order valence-electron chi connectivity index (χ2n) is 6.65. The summed E-state index contributed by atoms with van der Waals surface area (Å²) in [5.74, 6) is 6.20. The van der Waals surface area contributed by atoms with Gasteiger partial charge in [-0.3, -0.25) is 9.80 Å². The maximum Gasteiger partial charge on any atom is 0.407 e. The van der Waals surface area contributed by atoms with Crippen LogP contribution in [0.15, 0.2) is 18.2 Å². The summed E-state index contributed by atoms with van der Waals surface area (Å²) in [7, 11) is 1.87. The molecule has 1 aromatic rings. The van der Waals surface area contributed by atoms with E-state index in [2.05, 4.69) is 22.1 Å². The fourth-order valence-electron chi connectivity index (χ4n) is 3.43. The number of carbonyl (C=O) groups is 2. The number of carbonyl (C=O) groups excluding carboxylic acids is 1. The first-order chi connectivity index (χ1) is 13.5. The van der Waals surface area contributed by atoms with Gasteiger partial charge in [0.2, 0.25) is 0 Å². The number of piperidine rings is 1. The molecule has 1 aliphatic heterocycles. The highest BCUT2D eigenvalue weighted by Crippen LogP contribution is 2.22. The minimum absolute atomic E-state index is 0.0718. The molecule has 2 rings (SSSR count). The van der Waals surface area contributed by atoms with Crippen molar-refractivity contribution in [1.82, 2.24) is 15.1 Å². The van der Waals surface area contributed by atoms with Crippen LogP contribution < -0.4 is 5.32 Å². The van der Waals surface area contributed by atoms with Crippen LogP contribution in [0.1, 0.15) is 31.2 Å². The van der Waals surface area contributed by atoms with Crippen molar-refractivity contribution in [3.8, 4) is 11.8 Å². The maximum atomic E-state index is 11.4. The molecule has 6 nitrogen and oxygen atoms in total. The molecule has 0 aliphatic carbocycles. The summed E-state index contributed by atoms with van der Waals surface area (Å²) < 4.78 is 0. The molecule has 2 atom stereocenters. The third kappa shape index (κ3) is 6.39. The lowest BCUT2D eigenvalue weighted by Crippen LogP contribution is -2.56. The van der Waals surface area contributed by atoms with Gasteiger partial charge in [0.25, 0.3) is 0 Å². The van der Waals surface area contributed by atoms with E-state index in [9.17, 15) is 14.7 Å². The minimum Gasteiger partial charge on any atom is -0.465 e. The average molecular weight is 426 g/mol. The van der Waals surface area contributed by atoms with E-state index in [1.807, 2.05) is 7.05 Å². The summed E-state index contributed by atoms with van der Waals surface area (Å²) in [5, 5.41) is 13.8. The van der Waals surface area contributed by atoms with Crippen LogP contribution in [-0.4, -0.2) is 66.2 Å². The molecule has 2 N–H and O–H groups in total. The number of carboxylic acid groups (broad SMARTS) is 1. The second-order valence-corrected chi connectivity index (χ2v) is 7.49. The number of halogens is 2. The lowest BCUT2D eigenvalue weighted by atomic mass is 10.00. The Morgan fingerprint density at radius 2 is 2.25 bits per heavy atom. The van der Waals surface area contributed by atoms with Gasteiger partial charge in [0.15, 0.2) is 0 Å². The van der Waals surface area contributed by atoms with Crippen LogP contribution in [0.5, 0.6) is 0 Å². The minimum atomic E-state index is -1.05. The molecule has 0 bridgehead atoms. The van der Waals surface area contributed by atoms with E-state index in [4.69, 9.17) is 23.2 Å². The summed E-state index contributed by atoms with van der Waals surface area (Å²) in [4.78, 5) is 25.7. The van der Waals surface area contributed by atoms with Gasteiger partial charge < -0.3 is 15.2 Å². The predicted molar refractivity (Wildman–Crippen MR) is 111 cm³/mol. The van der Waals surface area contributed by atoms with Gasteiger partial charge >= 0.3 is 6.09 Å². The number of hydrogen-bond donors (Lipinski definition) is 2. The molecule has 0 radical (unpaired) electrons. The number of hydrogen-bond acceptors (Lipinski definition) is 4. The number of nitrogens with one attached hydrogen (secondary N) is 1. The van der Waals surface area contributed by atoms with Crippen LogP contribution in [-0.2, 0) is 4.79 Å². The highest BCUT2D eigenvalue weighted by Gasteiger charge is 2.32. The number of rotatable bonds is 7. The lowest BCUT2D eigenvalue weighted by molar-refractivity contribution is -0.109. The van der Waals surface area contributed by atoms with Crippen molar-refractivity contribution in [2.45, 2.75) is 37.9 Å². The molecule has 152 valence electrons. The second kappa shape index (κ2) is 11.3. The van der Waals surface area contributed by atoms with Gasteiger partial charge in [-0.05, 0) is 44.5 Å². The van der Waals surface area contributed by atoms with E-state index in [1.165, 1.54) is 4.90 Å². The van der Waals surface area contributed by atoms with Crippen LogP contribution in [0.3, 0.4) is 0 Å². The van der Waals surface area contributed by atoms with Gasteiger partial charge in [-0.2, -0.15) is 0 Å². The highest BCUT2D eigenvalue weighted by molar-refractivity contribution is 6.33. The van der Waals surface area contributed by atoms with Crippen molar-refractivity contribution in [2.24, 2.45) is 0 Å². The van der Waals surface area contributed by atoms with Gasteiger partial charge in [-0.1, -0.05) is 35.0 Å². The normalized spacial score (nSPS) is 19.5. The summed E-state index contributed by atoms with van der Waals surface area (Å²) >= 11 is 12.1. The van der Waals surface area contributed by atoms with Crippen LogP contribution in [0.2, 0.25) is 10.0 Å². The summed E-state index contributed by atoms with van der Waals surface area (Å²) in [6.45, 7) is 1.54. The van der Waals surface area contributed by atoms with Gasteiger partial charge in [-0.25, -0.2) is 4.79 Å². The van der Waals surface area contributed by atoms with Gasteiger partial charge in [0, 0.05) is 36.1 Å². The summed E-state index contributed by atoms with van der Waals surface area (Å²) in [5.41, 5.74) is 0.729. The van der Waals surface area contributed by atoms with Gasteiger partial charge in [-0.15, -0.1) is 0 Å². The third-order valence-electron chi connectivity index (χ3n) is 4.88. The number of aldehydes is 1. The standard InChI is InChI=1S/C20H25Cl2N3O3/c1-23-19-14-17(25(11-12-26)20(27)28)8-10-24(19)9-4-2-3-5-15-13-16(21)6-7-18(15)22/h6-7,12-13,17,19,23H,2,4,8-11,14H2,1H3,(H,27,28). The molecule has 0 aromatic heterocycles. The monoisotopic (exact) mass is 425 g/mol. The largest absolute Gasteiger partial charge is 0.465 e. The molecule has 2 unspecified atom stereocenters. The van der Waals surface area contributed by atoms with Crippen molar-refractivity contribution in [3.05, 3.63) is 33.8 Å². The molecule has 1 aliphatic rings. The van der Waals surface area contributed by atoms with Gasteiger partial charge in [0.1, 0.15) is 6.29 Å². The number of benzene rings is 1. The van der Waals surface area contributed by atoms with Crippen LogP contribution in [0, 0.1) is 11.8 Å². The number of amides is 1. The fraction of sp³-hybridized carbons (Fsp3) is 0.500. The van der Waals surface area contributed by atoms with E-state index in [0.717, 1.165) is 31.5 Å². The Balaban J connectivity index is 1.85. The number of likely N-dealkylation sites (tertiary alicyclic amines) is 1. The fourth-order valence-corrected chi connectivity index (χ4v) is 3.77. The first-order valence-corrected chi connectivity index (χ1v) is 10.00. The summed E-state index contributed by atoms with van der Waals surface area (Å²) in [6, 6.07) is 5.07. The molecule has 8 heteroatoms. The molecule has 1 heterocycles. The molecule has 28 heavy (non-hydrogen) atoms.